The van der Waals surface area contributed by atoms with Crippen LogP contribution in [0.4, 0.5) is 5.69 Å². The fourth-order valence-electron chi connectivity index (χ4n) is 1.78. The summed E-state index contributed by atoms with van der Waals surface area (Å²) in [5.41, 5.74) is 2.19. The molecule has 0 aliphatic carbocycles. The van der Waals surface area contributed by atoms with Gasteiger partial charge in [0.2, 0.25) is 11.8 Å². The van der Waals surface area contributed by atoms with Gasteiger partial charge in [-0.25, -0.2) is 0 Å². The average Bonchev–Trinajstić information content (AvgIpc) is 2.43. The van der Waals surface area contributed by atoms with E-state index in [0.717, 1.165) is 0 Å². The molecule has 104 valence electrons. The maximum Gasteiger partial charge on any atom is 0.270 e. The number of imide groups is 1. The smallest absolute Gasteiger partial charge is 0.270 e. The third kappa shape index (κ3) is 2.79. The van der Waals surface area contributed by atoms with Crippen molar-refractivity contribution in [1.29, 1.82) is 0 Å². The molecule has 2 rings (SSSR count). The number of hydrogen-bond donors (Lipinski definition) is 1. The van der Waals surface area contributed by atoms with Gasteiger partial charge in [0.1, 0.15) is 0 Å². The zero-order chi connectivity index (χ0) is 14.7. The predicted octanol–water partition coefficient (Wildman–Crippen LogP) is 0.779. The highest BCUT2D eigenvalue weighted by Gasteiger charge is 2.27. The van der Waals surface area contributed by atoms with Crippen molar-refractivity contribution >= 4 is 23.4 Å². The Bertz CT molecular complexity index is 565. The van der Waals surface area contributed by atoms with Crippen LogP contribution in [0.5, 0.6) is 0 Å². The van der Waals surface area contributed by atoms with Crippen molar-refractivity contribution in [3.8, 4) is 0 Å². The van der Waals surface area contributed by atoms with Gasteiger partial charge in [-0.1, -0.05) is 0 Å². The highest BCUT2D eigenvalue weighted by atomic mass is 16.6. The highest BCUT2D eigenvalue weighted by molar-refractivity contribution is 6.02. The lowest BCUT2D eigenvalue weighted by molar-refractivity contribution is -0.384. The van der Waals surface area contributed by atoms with Crippen molar-refractivity contribution in [1.82, 2.24) is 10.4 Å². The van der Waals surface area contributed by atoms with E-state index in [1.54, 1.807) is 0 Å². The lowest BCUT2D eigenvalue weighted by Gasteiger charge is -2.24. The third-order valence-electron chi connectivity index (χ3n) is 2.83. The minimum atomic E-state index is -0.663. The first-order valence-electron chi connectivity index (χ1n) is 5.90. The van der Waals surface area contributed by atoms with Crippen LogP contribution in [0, 0.1) is 10.1 Å². The Hall–Kier alpha value is -2.77. The number of benzene rings is 1. The molecular weight excluding hydrogens is 266 g/mol. The summed E-state index contributed by atoms with van der Waals surface area (Å²) in [5.74, 6) is -1.59. The van der Waals surface area contributed by atoms with Crippen LogP contribution in [0.1, 0.15) is 29.6 Å². The Morgan fingerprint density at radius 1 is 1.15 bits per heavy atom. The van der Waals surface area contributed by atoms with Gasteiger partial charge >= 0.3 is 0 Å². The molecular formula is C12H11N3O5. The van der Waals surface area contributed by atoms with Gasteiger partial charge in [-0.2, -0.15) is 5.01 Å². The standard InChI is InChI=1S/C12H11N3O5/c16-10-2-1-3-11(17)14(10)13-12(18)8-4-6-9(7-5-8)15(19)20/h4-7H,1-3H2,(H,13,18). The molecule has 1 aliphatic heterocycles. The van der Waals surface area contributed by atoms with Crippen LogP contribution in [0.25, 0.3) is 0 Å². The van der Waals surface area contributed by atoms with E-state index in [4.69, 9.17) is 0 Å². The quantitative estimate of drug-likeness (QED) is 0.498. The van der Waals surface area contributed by atoms with Crippen molar-refractivity contribution in [3.05, 3.63) is 39.9 Å². The summed E-state index contributed by atoms with van der Waals surface area (Å²) < 4.78 is 0. The molecule has 0 spiro atoms. The Morgan fingerprint density at radius 2 is 1.70 bits per heavy atom. The fraction of sp³-hybridized carbons (Fsp3) is 0.250. The average molecular weight is 277 g/mol. The molecule has 1 heterocycles. The van der Waals surface area contributed by atoms with Gasteiger partial charge in [0.05, 0.1) is 4.92 Å². The van der Waals surface area contributed by atoms with E-state index in [-0.39, 0.29) is 24.1 Å². The van der Waals surface area contributed by atoms with E-state index in [9.17, 15) is 24.5 Å². The summed E-state index contributed by atoms with van der Waals surface area (Å²) in [7, 11) is 0. The Kier molecular flexibility index (Phi) is 3.74. The van der Waals surface area contributed by atoms with Gasteiger partial charge in [-0.15, -0.1) is 0 Å². The van der Waals surface area contributed by atoms with Gasteiger partial charge in [0.15, 0.2) is 0 Å². The van der Waals surface area contributed by atoms with E-state index in [1.807, 2.05) is 0 Å². The number of nitrogens with one attached hydrogen (secondary N) is 1. The van der Waals surface area contributed by atoms with Crippen molar-refractivity contribution in [2.24, 2.45) is 0 Å². The topological polar surface area (TPSA) is 110 Å². The summed E-state index contributed by atoms with van der Waals surface area (Å²) in [6, 6.07) is 4.86. The molecule has 1 fully saturated rings. The van der Waals surface area contributed by atoms with Crippen LogP contribution >= 0.6 is 0 Å². The number of carbonyl (C=O) groups is 3. The molecule has 0 unspecified atom stereocenters. The van der Waals surface area contributed by atoms with Gasteiger partial charge in [0.25, 0.3) is 11.6 Å². The first-order valence-corrected chi connectivity index (χ1v) is 5.90. The van der Waals surface area contributed by atoms with E-state index < -0.39 is 22.6 Å². The lowest BCUT2D eigenvalue weighted by Crippen LogP contribution is -2.51. The summed E-state index contributed by atoms with van der Waals surface area (Å²) >= 11 is 0. The number of piperidine rings is 1. The largest absolute Gasteiger partial charge is 0.273 e. The second kappa shape index (κ2) is 5.47. The molecule has 1 saturated heterocycles. The minimum Gasteiger partial charge on any atom is -0.273 e. The SMILES string of the molecule is O=C(NN1C(=O)CCCC1=O)c1ccc([N+](=O)[O-])cc1. The third-order valence-corrected chi connectivity index (χ3v) is 2.83. The summed E-state index contributed by atoms with van der Waals surface area (Å²) in [4.78, 5) is 44.8. The molecule has 1 aliphatic rings. The lowest BCUT2D eigenvalue weighted by atomic mass is 10.1. The normalized spacial score (nSPS) is 15.1. The summed E-state index contributed by atoms with van der Waals surface area (Å²) in [5, 5.41) is 11.2. The molecule has 1 aromatic carbocycles. The molecule has 1 aromatic rings. The molecule has 3 amide bonds. The van der Waals surface area contributed by atoms with Crippen LogP contribution < -0.4 is 5.43 Å². The van der Waals surface area contributed by atoms with Crippen molar-refractivity contribution in [2.45, 2.75) is 19.3 Å². The Balaban J connectivity index is 2.09. The molecule has 0 radical (unpaired) electrons. The van der Waals surface area contributed by atoms with Gasteiger partial charge in [-0.3, -0.25) is 29.9 Å². The number of hydrazine groups is 1. The van der Waals surface area contributed by atoms with Crippen LogP contribution in [-0.2, 0) is 9.59 Å². The zero-order valence-electron chi connectivity index (χ0n) is 10.4. The number of nitro groups is 1. The highest BCUT2D eigenvalue weighted by Crippen LogP contribution is 2.13. The predicted molar refractivity (Wildman–Crippen MR) is 66.3 cm³/mol. The zero-order valence-corrected chi connectivity index (χ0v) is 10.4. The van der Waals surface area contributed by atoms with Gasteiger partial charge in [-0.05, 0) is 18.6 Å². The van der Waals surface area contributed by atoms with Crippen LogP contribution in [0.2, 0.25) is 0 Å². The summed E-state index contributed by atoms with van der Waals surface area (Å²) in [6.07, 6.45) is 0.875. The van der Waals surface area contributed by atoms with Gasteiger partial charge in [0, 0.05) is 30.5 Å². The van der Waals surface area contributed by atoms with E-state index in [2.05, 4.69) is 5.43 Å². The number of nitrogens with zero attached hydrogens (tertiary/aromatic N) is 2. The van der Waals surface area contributed by atoms with Crippen LogP contribution in [0.3, 0.4) is 0 Å². The monoisotopic (exact) mass is 277 g/mol. The molecule has 0 saturated carbocycles. The summed E-state index contributed by atoms with van der Waals surface area (Å²) in [6.45, 7) is 0. The van der Waals surface area contributed by atoms with Gasteiger partial charge < -0.3 is 0 Å². The Labute approximate surface area is 113 Å². The van der Waals surface area contributed by atoms with Crippen molar-refractivity contribution in [3.63, 3.8) is 0 Å². The number of carbonyl (C=O) groups excluding carboxylic acids is 3. The molecule has 20 heavy (non-hydrogen) atoms. The van der Waals surface area contributed by atoms with Crippen LogP contribution in [0.15, 0.2) is 24.3 Å². The molecule has 1 N–H and O–H groups in total. The number of hydrogen-bond acceptors (Lipinski definition) is 5. The van der Waals surface area contributed by atoms with Crippen LogP contribution in [-0.4, -0.2) is 27.7 Å². The molecule has 0 aromatic heterocycles. The maximum atomic E-state index is 11.9. The van der Waals surface area contributed by atoms with Crippen molar-refractivity contribution < 1.29 is 19.3 Å². The molecule has 8 nitrogen and oxygen atoms in total. The fourth-order valence-corrected chi connectivity index (χ4v) is 1.78. The molecule has 8 heteroatoms. The first-order chi connectivity index (χ1) is 9.49. The minimum absolute atomic E-state index is 0.127. The number of nitro benzene ring substituents is 1. The van der Waals surface area contributed by atoms with Crippen molar-refractivity contribution in [2.75, 3.05) is 0 Å². The molecule has 0 bridgehead atoms. The Morgan fingerprint density at radius 3 is 2.20 bits per heavy atom. The van der Waals surface area contributed by atoms with E-state index in [1.165, 1.54) is 24.3 Å². The first kappa shape index (κ1) is 13.7. The second-order valence-corrected chi connectivity index (χ2v) is 4.22. The number of rotatable bonds is 3. The number of amides is 3. The molecule has 0 atom stereocenters. The van der Waals surface area contributed by atoms with E-state index in [0.29, 0.717) is 11.4 Å². The van der Waals surface area contributed by atoms with E-state index >= 15 is 0 Å². The number of non-ortho nitro benzene ring substituents is 1. The second-order valence-electron chi connectivity index (χ2n) is 4.22. The maximum absolute atomic E-state index is 11.9.